The van der Waals surface area contributed by atoms with Crippen molar-refractivity contribution in [2.24, 2.45) is 0 Å². The predicted molar refractivity (Wildman–Crippen MR) is 110 cm³/mol. The molecule has 1 fully saturated rings. The summed E-state index contributed by atoms with van der Waals surface area (Å²) in [6.45, 7) is 0.820. The molecule has 1 unspecified atom stereocenters. The predicted octanol–water partition coefficient (Wildman–Crippen LogP) is 2.87. The first kappa shape index (κ1) is 18.2. The fourth-order valence-electron chi connectivity index (χ4n) is 4.00. The van der Waals surface area contributed by atoms with Gasteiger partial charge in [-0.25, -0.2) is 0 Å². The monoisotopic (exact) mass is 401 g/mol. The standard InChI is InChI=1S/C23H19N3O4/c27-21-19-14-25(22(28)15-5-2-1-3-6-15)10-11-26(19)23(29)17-13-16(8-9-18(17)24-21)20-7-4-12-30-20/h1-9,12-13,19H,10-11,14H2,(H,24,27). The van der Waals surface area contributed by atoms with Crippen LogP contribution >= 0.6 is 0 Å². The van der Waals surface area contributed by atoms with Crippen LogP contribution in [0, 0.1) is 0 Å². The van der Waals surface area contributed by atoms with E-state index in [1.54, 1.807) is 64.6 Å². The quantitative estimate of drug-likeness (QED) is 0.716. The van der Waals surface area contributed by atoms with Gasteiger partial charge in [-0.05, 0) is 42.5 Å². The molecule has 1 aromatic heterocycles. The molecular formula is C23H19N3O4. The van der Waals surface area contributed by atoms with Crippen LogP contribution in [-0.4, -0.2) is 53.2 Å². The second-order valence-corrected chi connectivity index (χ2v) is 7.36. The van der Waals surface area contributed by atoms with E-state index < -0.39 is 6.04 Å². The van der Waals surface area contributed by atoms with E-state index in [0.717, 1.165) is 5.56 Å². The van der Waals surface area contributed by atoms with Crippen LogP contribution in [0.4, 0.5) is 5.69 Å². The number of fused-ring (bicyclic) bond motifs is 2. The second kappa shape index (κ2) is 7.18. The van der Waals surface area contributed by atoms with Crippen molar-refractivity contribution in [3.05, 3.63) is 78.1 Å². The van der Waals surface area contributed by atoms with Crippen LogP contribution in [0.3, 0.4) is 0 Å². The van der Waals surface area contributed by atoms with E-state index >= 15 is 0 Å². The van der Waals surface area contributed by atoms with Gasteiger partial charge in [-0.1, -0.05) is 18.2 Å². The number of carbonyl (C=O) groups excluding carboxylic acids is 3. The Morgan fingerprint density at radius 1 is 1.00 bits per heavy atom. The number of hydrogen-bond donors (Lipinski definition) is 1. The van der Waals surface area contributed by atoms with E-state index in [9.17, 15) is 14.4 Å². The molecule has 0 aliphatic carbocycles. The van der Waals surface area contributed by atoms with E-state index in [1.807, 2.05) is 12.1 Å². The Kier molecular flexibility index (Phi) is 4.35. The Morgan fingerprint density at radius 3 is 2.60 bits per heavy atom. The third-order valence-electron chi connectivity index (χ3n) is 5.57. The number of nitrogens with one attached hydrogen (secondary N) is 1. The highest BCUT2D eigenvalue weighted by Crippen LogP contribution is 2.30. The molecule has 150 valence electrons. The summed E-state index contributed by atoms with van der Waals surface area (Å²) in [5.41, 5.74) is 2.22. The van der Waals surface area contributed by atoms with Crippen molar-refractivity contribution in [1.82, 2.24) is 9.80 Å². The summed E-state index contributed by atoms with van der Waals surface area (Å²) in [5, 5.41) is 2.85. The van der Waals surface area contributed by atoms with Crippen LogP contribution in [0.15, 0.2) is 71.3 Å². The summed E-state index contributed by atoms with van der Waals surface area (Å²) in [6, 6.07) is 17.1. The molecule has 1 saturated heterocycles. The molecule has 7 nitrogen and oxygen atoms in total. The zero-order chi connectivity index (χ0) is 20.7. The third-order valence-corrected chi connectivity index (χ3v) is 5.57. The highest BCUT2D eigenvalue weighted by Gasteiger charge is 2.40. The zero-order valence-electron chi connectivity index (χ0n) is 16.1. The molecular weight excluding hydrogens is 382 g/mol. The number of anilines is 1. The molecule has 0 saturated carbocycles. The van der Waals surface area contributed by atoms with Crippen molar-refractivity contribution in [3.8, 4) is 11.3 Å². The van der Waals surface area contributed by atoms with Gasteiger partial charge in [0, 0.05) is 24.2 Å². The van der Waals surface area contributed by atoms with Gasteiger partial charge in [-0.3, -0.25) is 14.4 Å². The van der Waals surface area contributed by atoms with Crippen molar-refractivity contribution in [2.45, 2.75) is 6.04 Å². The van der Waals surface area contributed by atoms with Crippen LogP contribution in [0.1, 0.15) is 20.7 Å². The summed E-state index contributed by atoms with van der Waals surface area (Å²) in [6.07, 6.45) is 1.57. The molecule has 0 radical (unpaired) electrons. The Balaban J connectivity index is 1.43. The van der Waals surface area contributed by atoms with Gasteiger partial charge < -0.3 is 19.5 Å². The number of benzene rings is 2. The zero-order valence-corrected chi connectivity index (χ0v) is 16.1. The summed E-state index contributed by atoms with van der Waals surface area (Å²) in [4.78, 5) is 42.2. The van der Waals surface area contributed by atoms with E-state index in [1.165, 1.54) is 0 Å². The Labute approximate surface area is 172 Å². The van der Waals surface area contributed by atoms with E-state index in [-0.39, 0.29) is 24.3 Å². The third kappa shape index (κ3) is 3.04. The molecule has 0 bridgehead atoms. The Bertz CT molecular complexity index is 1120. The van der Waals surface area contributed by atoms with Crippen LogP contribution in [0.2, 0.25) is 0 Å². The minimum atomic E-state index is -0.738. The summed E-state index contributed by atoms with van der Waals surface area (Å²) in [5.74, 6) is -0.0136. The van der Waals surface area contributed by atoms with E-state index in [2.05, 4.69) is 5.32 Å². The molecule has 2 aliphatic heterocycles. The highest BCUT2D eigenvalue weighted by atomic mass is 16.3. The van der Waals surface area contributed by atoms with Crippen molar-refractivity contribution < 1.29 is 18.8 Å². The molecule has 30 heavy (non-hydrogen) atoms. The van der Waals surface area contributed by atoms with Crippen LogP contribution in [-0.2, 0) is 4.79 Å². The topological polar surface area (TPSA) is 82.9 Å². The van der Waals surface area contributed by atoms with E-state index in [0.29, 0.717) is 35.7 Å². The van der Waals surface area contributed by atoms with Gasteiger partial charge in [0.25, 0.3) is 11.8 Å². The maximum Gasteiger partial charge on any atom is 0.256 e. The average molecular weight is 401 g/mol. The number of piperazine rings is 1. The fourth-order valence-corrected chi connectivity index (χ4v) is 4.00. The van der Waals surface area contributed by atoms with Gasteiger partial charge >= 0.3 is 0 Å². The molecule has 2 aromatic carbocycles. The van der Waals surface area contributed by atoms with Gasteiger partial charge in [-0.2, -0.15) is 0 Å². The highest BCUT2D eigenvalue weighted by molar-refractivity contribution is 6.11. The van der Waals surface area contributed by atoms with Crippen molar-refractivity contribution in [3.63, 3.8) is 0 Å². The molecule has 0 spiro atoms. The lowest BCUT2D eigenvalue weighted by atomic mass is 10.0. The maximum atomic E-state index is 13.3. The first-order chi connectivity index (χ1) is 14.6. The average Bonchev–Trinajstić information content (AvgIpc) is 3.30. The first-order valence-corrected chi connectivity index (χ1v) is 9.76. The maximum absolute atomic E-state index is 13.3. The van der Waals surface area contributed by atoms with Crippen LogP contribution in [0.5, 0.6) is 0 Å². The number of hydrogen-bond acceptors (Lipinski definition) is 4. The summed E-state index contributed by atoms with van der Waals surface area (Å²) < 4.78 is 5.43. The first-order valence-electron chi connectivity index (χ1n) is 9.76. The van der Waals surface area contributed by atoms with E-state index in [4.69, 9.17) is 4.42 Å². The largest absolute Gasteiger partial charge is 0.464 e. The molecule has 7 heteroatoms. The second-order valence-electron chi connectivity index (χ2n) is 7.36. The van der Waals surface area contributed by atoms with Crippen molar-refractivity contribution in [1.29, 1.82) is 0 Å². The van der Waals surface area contributed by atoms with Crippen LogP contribution < -0.4 is 5.32 Å². The fraction of sp³-hybridized carbons (Fsp3) is 0.174. The summed E-state index contributed by atoms with van der Waals surface area (Å²) in [7, 11) is 0. The van der Waals surface area contributed by atoms with Crippen molar-refractivity contribution in [2.75, 3.05) is 25.0 Å². The SMILES string of the molecule is O=C1Nc2ccc(-c3ccco3)cc2C(=O)N2CCN(C(=O)c3ccccc3)CC12. The number of rotatable bonds is 2. The molecule has 3 heterocycles. The number of nitrogens with zero attached hydrogens (tertiary/aromatic N) is 2. The minimum Gasteiger partial charge on any atom is -0.464 e. The van der Waals surface area contributed by atoms with Gasteiger partial charge in [0.1, 0.15) is 11.8 Å². The summed E-state index contributed by atoms with van der Waals surface area (Å²) >= 11 is 0. The Hall–Kier alpha value is -3.87. The number of furan rings is 1. The normalized spacial score (nSPS) is 18.3. The Morgan fingerprint density at radius 2 is 1.83 bits per heavy atom. The van der Waals surface area contributed by atoms with Crippen LogP contribution in [0.25, 0.3) is 11.3 Å². The smallest absolute Gasteiger partial charge is 0.256 e. The van der Waals surface area contributed by atoms with Gasteiger partial charge in [-0.15, -0.1) is 0 Å². The molecule has 1 N–H and O–H groups in total. The minimum absolute atomic E-state index is 0.141. The van der Waals surface area contributed by atoms with Crippen molar-refractivity contribution >= 4 is 23.4 Å². The molecule has 2 aliphatic rings. The van der Waals surface area contributed by atoms with Gasteiger partial charge in [0.2, 0.25) is 5.91 Å². The molecule has 3 aromatic rings. The lowest BCUT2D eigenvalue weighted by molar-refractivity contribution is -0.121. The molecule has 1 atom stereocenters. The number of carbonyl (C=O) groups is 3. The lowest BCUT2D eigenvalue weighted by Crippen LogP contribution is -2.59. The van der Waals surface area contributed by atoms with Gasteiger partial charge in [0.15, 0.2) is 0 Å². The number of amides is 3. The molecule has 5 rings (SSSR count). The molecule has 3 amide bonds. The lowest BCUT2D eigenvalue weighted by Gasteiger charge is -2.39. The van der Waals surface area contributed by atoms with Gasteiger partial charge in [0.05, 0.1) is 24.1 Å².